The van der Waals surface area contributed by atoms with E-state index < -0.39 is 6.04 Å². The number of nitrogens with one attached hydrogen (secondary N) is 3. The normalized spacial score (nSPS) is 17.2. The third-order valence-corrected chi connectivity index (χ3v) is 9.40. The second kappa shape index (κ2) is 12.3. The summed E-state index contributed by atoms with van der Waals surface area (Å²) in [5.74, 6) is -0.588. The number of benzene rings is 1. The molecular formula is C35H38N10O3. The molecule has 0 saturated carbocycles. The van der Waals surface area contributed by atoms with E-state index in [0.717, 1.165) is 41.9 Å². The summed E-state index contributed by atoms with van der Waals surface area (Å²) in [6.07, 6.45) is 9.19. The standard InChI is InChI=1S/C35H38N10O3/c1-21-26(14-24(15-36-21)40-31(46)20-43-12-8-11-35(43,3)4)41-34(48)25-16-39-44-19-28(37-17-29(25)44)32-27(13-23-9-6-5-7-10-23)42-45-22(2)33(47)38-18-30(32)45/h5-7,9-10,14-17,19,22H,8,11-13,18,20H2,1-4H3,(H,38,47)(H,40,46)(H,41,48). The molecule has 4 aromatic heterocycles. The van der Waals surface area contributed by atoms with Crippen molar-refractivity contribution in [2.24, 2.45) is 0 Å². The zero-order valence-electron chi connectivity index (χ0n) is 27.4. The Morgan fingerprint density at radius 3 is 2.67 bits per heavy atom. The van der Waals surface area contributed by atoms with Crippen molar-refractivity contribution in [3.8, 4) is 11.3 Å². The molecule has 246 valence electrons. The Balaban J connectivity index is 1.13. The van der Waals surface area contributed by atoms with Crippen molar-refractivity contribution in [1.29, 1.82) is 0 Å². The zero-order chi connectivity index (χ0) is 33.6. The lowest BCUT2D eigenvalue weighted by Gasteiger charge is -2.30. The lowest BCUT2D eigenvalue weighted by molar-refractivity contribution is -0.125. The van der Waals surface area contributed by atoms with Crippen molar-refractivity contribution < 1.29 is 14.4 Å². The minimum atomic E-state index is -0.456. The van der Waals surface area contributed by atoms with Crippen LogP contribution in [0.25, 0.3) is 16.8 Å². The molecule has 7 rings (SSSR count). The van der Waals surface area contributed by atoms with Crippen LogP contribution in [0.1, 0.15) is 72.7 Å². The first-order valence-corrected chi connectivity index (χ1v) is 16.2. The zero-order valence-corrected chi connectivity index (χ0v) is 27.4. The summed E-state index contributed by atoms with van der Waals surface area (Å²) in [5, 5.41) is 18.2. The molecule has 1 atom stereocenters. The van der Waals surface area contributed by atoms with Gasteiger partial charge in [0, 0.05) is 17.5 Å². The van der Waals surface area contributed by atoms with Gasteiger partial charge >= 0.3 is 0 Å². The SMILES string of the molecule is Cc1ncc(NC(=O)CN2CCCC2(C)C)cc1NC(=O)c1cnn2cc(-c3c(Cc4ccccc4)nn4c3CNC(=O)C4C)ncc12. The summed E-state index contributed by atoms with van der Waals surface area (Å²) in [5.41, 5.74) is 6.67. The molecule has 3 N–H and O–H groups in total. The number of fused-ring (bicyclic) bond motifs is 2. The van der Waals surface area contributed by atoms with Crippen molar-refractivity contribution in [2.45, 2.75) is 65.1 Å². The van der Waals surface area contributed by atoms with Crippen molar-refractivity contribution in [2.75, 3.05) is 23.7 Å². The van der Waals surface area contributed by atoms with Crippen LogP contribution in [0.2, 0.25) is 0 Å². The monoisotopic (exact) mass is 646 g/mol. The number of carbonyl (C=O) groups excluding carboxylic acids is 3. The van der Waals surface area contributed by atoms with E-state index in [2.05, 4.69) is 44.8 Å². The molecule has 6 heterocycles. The van der Waals surface area contributed by atoms with Crippen molar-refractivity contribution in [1.82, 2.24) is 39.6 Å². The molecule has 3 amide bonds. The highest BCUT2D eigenvalue weighted by atomic mass is 16.2. The molecule has 0 radical (unpaired) electrons. The van der Waals surface area contributed by atoms with E-state index in [-0.39, 0.29) is 23.3 Å². The van der Waals surface area contributed by atoms with Gasteiger partial charge in [0.15, 0.2) is 0 Å². The fourth-order valence-corrected chi connectivity index (χ4v) is 6.58. The molecule has 13 heteroatoms. The predicted molar refractivity (Wildman–Crippen MR) is 180 cm³/mol. The minimum Gasteiger partial charge on any atom is -0.349 e. The summed E-state index contributed by atoms with van der Waals surface area (Å²) in [7, 11) is 0. The number of nitrogens with zero attached hydrogens (tertiary/aromatic N) is 7. The van der Waals surface area contributed by atoms with E-state index >= 15 is 0 Å². The molecule has 2 aliphatic rings. The Labute approximate surface area is 277 Å². The molecule has 2 aliphatic heterocycles. The smallest absolute Gasteiger partial charge is 0.259 e. The van der Waals surface area contributed by atoms with Gasteiger partial charge in [-0.2, -0.15) is 10.2 Å². The Hall–Kier alpha value is -5.43. The van der Waals surface area contributed by atoms with Crippen LogP contribution in [0.5, 0.6) is 0 Å². The Morgan fingerprint density at radius 1 is 1.08 bits per heavy atom. The van der Waals surface area contributed by atoms with Crippen LogP contribution in [0, 0.1) is 6.92 Å². The molecule has 1 aromatic carbocycles. The average molecular weight is 647 g/mol. The van der Waals surface area contributed by atoms with Gasteiger partial charge in [0.1, 0.15) is 6.04 Å². The van der Waals surface area contributed by atoms with Crippen LogP contribution in [0.15, 0.2) is 61.2 Å². The fourth-order valence-electron chi connectivity index (χ4n) is 6.58. The molecule has 0 spiro atoms. The summed E-state index contributed by atoms with van der Waals surface area (Å²) >= 11 is 0. The van der Waals surface area contributed by atoms with E-state index in [9.17, 15) is 14.4 Å². The fraction of sp³-hybridized carbons (Fsp3) is 0.343. The van der Waals surface area contributed by atoms with Gasteiger partial charge in [-0.15, -0.1) is 0 Å². The van der Waals surface area contributed by atoms with Crippen molar-refractivity contribution in [3.63, 3.8) is 0 Å². The number of likely N-dealkylation sites (tertiary alicyclic amines) is 1. The second-order valence-electron chi connectivity index (χ2n) is 13.1. The highest BCUT2D eigenvalue weighted by molar-refractivity contribution is 6.09. The van der Waals surface area contributed by atoms with E-state index in [0.29, 0.717) is 53.4 Å². The van der Waals surface area contributed by atoms with Crippen molar-refractivity contribution >= 4 is 34.6 Å². The topological polar surface area (TPSA) is 151 Å². The number of pyridine rings is 1. The molecule has 48 heavy (non-hydrogen) atoms. The van der Waals surface area contributed by atoms with E-state index in [1.165, 1.54) is 6.20 Å². The number of aryl methyl sites for hydroxylation is 1. The van der Waals surface area contributed by atoms with Gasteiger partial charge < -0.3 is 16.0 Å². The van der Waals surface area contributed by atoms with Gasteiger partial charge in [-0.05, 0) is 58.7 Å². The number of anilines is 2. The molecule has 1 saturated heterocycles. The Kier molecular flexibility index (Phi) is 7.99. The highest BCUT2D eigenvalue weighted by Crippen LogP contribution is 2.32. The number of carbonyl (C=O) groups is 3. The maximum atomic E-state index is 13.5. The van der Waals surface area contributed by atoms with Crippen LogP contribution in [-0.2, 0) is 22.6 Å². The molecule has 5 aromatic rings. The average Bonchev–Trinajstić information content (AvgIpc) is 3.75. The van der Waals surface area contributed by atoms with Gasteiger partial charge in [-0.3, -0.25) is 33.9 Å². The van der Waals surface area contributed by atoms with Crippen LogP contribution < -0.4 is 16.0 Å². The number of rotatable bonds is 8. The van der Waals surface area contributed by atoms with E-state index in [1.54, 1.807) is 40.8 Å². The maximum absolute atomic E-state index is 13.5. The van der Waals surface area contributed by atoms with Crippen LogP contribution in [0.4, 0.5) is 11.4 Å². The molecule has 1 fully saturated rings. The molecule has 0 bridgehead atoms. The maximum Gasteiger partial charge on any atom is 0.259 e. The third kappa shape index (κ3) is 5.92. The van der Waals surface area contributed by atoms with Crippen LogP contribution >= 0.6 is 0 Å². The third-order valence-electron chi connectivity index (χ3n) is 9.40. The minimum absolute atomic E-state index is 0.00884. The molecule has 1 unspecified atom stereocenters. The lowest BCUT2D eigenvalue weighted by atomic mass is 10.0. The number of aromatic nitrogens is 6. The van der Waals surface area contributed by atoms with Crippen LogP contribution in [0.3, 0.4) is 0 Å². The van der Waals surface area contributed by atoms with Gasteiger partial charge in [-0.1, -0.05) is 30.3 Å². The quantitative estimate of drug-likeness (QED) is 0.228. The first kappa shape index (κ1) is 31.2. The molecule has 13 nitrogen and oxygen atoms in total. The van der Waals surface area contributed by atoms with Gasteiger partial charge in [0.05, 0.1) is 83.1 Å². The summed E-state index contributed by atoms with van der Waals surface area (Å²) in [4.78, 5) is 50.2. The summed E-state index contributed by atoms with van der Waals surface area (Å²) < 4.78 is 3.40. The van der Waals surface area contributed by atoms with Gasteiger partial charge in [0.2, 0.25) is 11.8 Å². The largest absolute Gasteiger partial charge is 0.349 e. The first-order valence-electron chi connectivity index (χ1n) is 16.2. The summed E-state index contributed by atoms with van der Waals surface area (Å²) in [6.45, 7) is 9.44. The molecular weight excluding hydrogens is 608 g/mol. The first-order chi connectivity index (χ1) is 23.1. The number of hydrogen-bond donors (Lipinski definition) is 3. The number of hydrogen-bond acceptors (Lipinski definition) is 8. The Morgan fingerprint density at radius 2 is 1.90 bits per heavy atom. The van der Waals surface area contributed by atoms with Gasteiger partial charge in [-0.25, -0.2) is 4.52 Å². The van der Waals surface area contributed by atoms with E-state index in [4.69, 9.17) is 10.1 Å². The van der Waals surface area contributed by atoms with Gasteiger partial charge in [0.25, 0.3) is 5.91 Å². The van der Waals surface area contributed by atoms with Crippen molar-refractivity contribution in [3.05, 3.63) is 89.4 Å². The predicted octanol–water partition coefficient (Wildman–Crippen LogP) is 4.14. The number of amides is 3. The lowest BCUT2D eigenvalue weighted by Crippen LogP contribution is -2.42. The second-order valence-corrected chi connectivity index (χ2v) is 13.1. The molecule has 0 aliphatic carbocycles. The van der Waals surface area contributed by atoms with E-state index in [1.807, 2.05) is 37.3 Å². The van der Waals surface area contributed by atoms with Crippen LogP contribution in [-0.4, -0.2) is 70.6 Å². The highest BCUT2D eigenvalue weighted by Gasteiger charge is 2.33. The summed E-state index contributed by atoms with van der Waals surface area (Å²) in [6, 6.07) is 11.3. The Bertz CT molecular complexity index is 2050.